The van der Waals surface area contributed by atoms with Crippen molar-refractivity contribution in [1.29, 1.82) is 0 Å². The summed E-state index contributed by atoms with van der Waals surface area (Å²) in [6.45, 7) is 0. The van der Waals surface area contributed by atoms with Crippen molar-refractivity contribution < 1.29 is 4.92 Å². The summed E-state index contributed by atoms with van der Waals surface area (Å²) in [6, 6.07) is 10.5. The van der Waals surface area contributed by atoms with Gasteiger partial charge in [0.25, 0.3) is 5.69 Å². The topological polar surface area (TPSA) is 55.2 Å². The summed E-state index contributed by atoms with van der Waals surface area (Å²) in [5.74, 6) is 0.589. The first-order valence-corrected chi connectivity index (χ1v) is 8.46. The molecule has 0 amide bonds. The molecule has 0 fully saturated rings. The molecule has 1 aliphatic carbocycles. The molecule has 0 spiro atoms. The van der Waals surface area contributed by atoms with Crippen molar-refractivity contribution in [2.45, 2.75) is 18.4 Å². The fraction of sp³-hybridized carbons (Fsp3) is 0.222. The zero-order valence-electron chi connectivity index (χ0n) is 12.6. The van der Waals surface area contributed by atoms with Gasteiger partial charge in [-0.3, -0.25) is 10.1 Å². The normalized spacial score (nSPS) is 24.2. The van der Waals surface area contributed by atoms with Crippen LogP contribution in [0.5, 0.6) is 0 Å². The van der Waals surface area contributed by atoms with Gasteiger partial charge in [-0.2, -0.15) is 0 Å². The van der Waals surface area contributed by atoms with Gasteiger partial charge in [0.1, 0.15) is 0 Å². The third kappa shape index (κ3) is 2.46. The molecule has 0 saturated heterocycles. The maximum atomic E-state index is 10.9. The standard InChI is InChI=1S/C18H14Cl2N2O2/c19-11-8-15-13-2-1-3-14(13)17(21-18(15)16(20)9-11)10-4-6-12(7-5-10)22(23)24/h1-2,4-9,13-14,17,21H,3H2/t13-,14-,17+/m0/s1. The van der Waals surface area contributed by atoms with Crippen molar-refractivity contribution in [1.82, 2.24) is 0 Å². The number of benzene rings is 2. The molecular formula is C18H14Cl2N2O2. The number of halogens is 2. The van der Waals surface area contributed by atoms with Gasteiger partial charge in [0, 0.05) is 23.1 Å². The molecule has 4 nitrogen and oxygen atoms in total. The Kier molecular flexibility index (Phi) is 3.74. The van der Waals surface area contributed by atoms with Gasteiger partial charge in [0.2, 0.25) is 0 Å². The predicted molar refractivity (Wildman–Crippen MR) is 95.9 cm³/mol. The average Bonchev–Trinajstić information content (AvgIpc) is 3.04. The van der Waals surface area contributed by atoms with Crippen LogP contribution in [0.15, 0.2) is 48.6 Å². The first kappa shape index (κ1) is 15.5. The van der Waals surface area contributed by atoms with Crippen LogP contribution in [0.3, 0.4) is 0 Å². The van der Waals surface area contributed by atoms with Gasteiger partial charge in [0.05, 0.1) is 21.7 Å². The van der Waals surface area contributed by atoms with Crippen LogP contribution in [0.25, 0.3) is 0 Å². The highest BCUT2D eigenvalue weighted by Crippen LogP contribution is 2.52. The average molecular weight is 361 g/mol. The summed E-state index contributed by atoms with van der Waals surface area (Å²) >= 11 is 12.6. The summed E-state index contributed by atoms with van der Waals surface area (Å²) in [4.78, 5) is 10.5. The maximum Gasteiger partial charge on any atom is 0.269 e. The van der Waals surface area contributed by atoms with E-state index in [0.717, 1.165) is 23.2 Å². The Morgan fingerprint density at radius 3 is 2.62 bits per heavy atom. The Labute approximate surface area is 149 Å². The van der Waals surface area contributed by atoms with E-state index in [1.807, 2.05) is 18.2 Å². The van der Waals surface area contributed by atoms with E-state index in [4.69, 9.17) is 23.2 Å². The first-order valence-electron chi connectivity index (χ1n) is 7.71. The lowest BCUT2D eigenvalue weighted by Crippen LogP contribution is -2.29. The van der Waals surface area contributed by atoms with E-state index in [1.165, 1.54) is 0 Å². The lowest BCUT2D eigenvalue weighted by atomic mass is 9.77. The highest BCUT2D eigenvalue weighted by molar-refractivity contribution is 6.36. The number of rotatable bonds is 2. The first-order chi connectivity index (χ1) is 11.5. The molecule has 2 aliphatic rings. The number of non-ortho nitro benzene ring substituents is 1. The van der Waals surface area contributed by atoms with Crippen LogP contribution in [0.1, 0.15) is 29.5 Å². The van der Waals surface area contributed by atoms with Crippen molar-refractivity contribution in [2.24, 2.45) is 5.92 Å². The fourth-order valence-electron chi connectivity index (χ4n) is 3.75. The lowest BCUT2D eigenvalue weighted by molar-refractivity contribution is -0.384. The van der Waals surface area contributed by atoms with E-state index in [0.29, 0.717) is 16.0 Å². The van der Waals surface area contributed by atoms with E-state index in [9.17, 15) is 10.1 Å². The molecule has 0 bridgehead atoms. The van der Waals surface area contributed by atoms with Gasteiger partial charge < -0.3 is 5.32 Å². The van der Waals surface area contributed by atoms with Crippen LogP contribution < -0.4 is 5.32 Å². The van der Waals surface area contributed by atoms with Crippen molar-refractivity contribution >= 4 is 34.6 Å². The Morgan fingerprint density at radius 2 is 1.92 bits per heavy atom. The van der Waals surface area contributed by atoms with Gasteiger partial charge in [-0.05, 0) is 35.6 Å². The number of hydrogen-bond donors (Lipinski definition) is 1. The molecule has 1 N–H and O–H groups in total. The van der Waals surface area contributed by atoms with Crippen molar-refractivity contribution in [3.05, 3.63) is 79.8 Å². The summed E-state index contributed by atoms with van der Waals surface area (Å²) in [5.41, 5.74) is 3.14. The zero-order valence-corrected chi connectivity index (χ0v) is 14.1. The number of hydrogen-bond acceptors (Lipinski definition) is 3. The molecule has 0 unspecified atom stereocenters. The Bertz CT molecular complexity index is 849. The minimum atomic E-state index is -0.383. The van der Waals surface area contributed by atoms with Crippen LogP contribution in [0.2, 0.25) is 10.0 Å². The summed E-state index contributed by atoms with van der Waals surface area (Å²) in [6.07, 6.45) is 5.33. The smallest absolute Gasteiger partial charge is 0.269 e. The van der Waals surface area contributed by atoms with Crippen molar-refractivity contribution in [3.8, 4) is 0 Å². The molecule has 24 heavy (non-hydrogen) atoms. The summed E-state index contributed by atoms with van der Waals surface area (Å²) in [5, 5.41) is 15.6. The second kappa shape index (κ2) is 5.80. The second-order valence-corrected chi connectivity index (χ2v) is 7.02. The highest BCUT2D eigenvalue weighted by atomic mass is 35.5. The molecule has 2 aromatic rings. The fourth-order valence-corrected chi connectivity index (χ4v) is 4.32. The molecule has 2 aromatic carbocycles. The minimum absolute atomic E-state index is 0.0528. The maximum absolute atomic E-state index is 10.9. The number of nitro groups is 1. The van der Waals surface area contributed by atoms with E-state index >= 15 is 0 Å². The van der Waals surface area contributed by atoms with Gasteiger partial charge >= 0.3 is 0 Å². The van der Waals surface area contributed by atoms with Crippen LogP contribution in [0, 0.1) is 16.0 Å². The number of allylic oxidation sites excluding steroid dienone is 2. The van der Waals surface area contributed by atoms with E-state index in [2.05, 4.69) is 17.5 Å². The predicted octanol–water partition coefficient (Wildman–Crippen LogP) is 5.73. The third-order valence-corrected chi connectivity index (χ3v) is 5.36. The van der Waals surface area contributed by atoms with Crippen LogP contribution in [0.4, 0.5) is 11.4 Å². The molecule has 1 aliphatic heterocycles. The second-order valence-electron chi connectivity index (χ2n) is 6.18. The Morgan fingerprint density at radius 1 is 1.17 bits per heavy atom. The van der Waals surface area contributed by atoms with Crippen molar-refractivity contribution in [2.75, 3.05) is 5.32 Å². The molecule has 0 radical (unpaired) electrons. The van der Waals surface area contributed by atoms with Crippen LogP contribution >= 0.6 is 23.2 Å². The highest BCUT2D eigenvalue weighted by Gasteiger charge is 2.38. The van der Waals surface area contributed by atoms with Gasteiger partial charge in [-0.1, -0.05) is 47.5 Å². The zero-order chi connectivity index (χ0) is 16.8. The molecule has 122 valence electrons. The summed E-state index contributed by atoms with van der Waals surface area (Å²) in [7, 11) is 0. The molecule has 3 atom stereocenters. The van der Waals surface area contributed by atoms with E-state index < -0.39 is 0 Å². The van der Waals surface area contributed by atoms with Crippen LogP contribution in [-0.4, -0.2) is 4.92 Å². The quantitative estimate of drug-likeness (QED) is 0.422. The largest absolute Gasteiger partial charge is 0.376 e. The molecule has 0 aromatic heterocycles. The Balaban J connectivity index is 1.76. The van der Waals surface area contributed by atoms with E-state index in [-0.39, 0.29) is 22.6 Å². The molecular weight excluding hydrogens is 347 g/mol. The van der Waals surface area contributed by atoms with Crippen LogP contribution in [-0.2, 0) is 0 Å². The molecule has 4 rings (SSSR count). The lowest BCUT2D eigenvalue weighted by Gasteiger charge is -2.38. The molecule has 6 heteroatoms. The number of nitro benzene ring substituents is 1. The number of nitrogens with zero attached hydrogens (tertiary/aromatic N) is 1. The number of nitrogens with one attached hydrogen (secondary N) is 1. The molecule has 0 saturated carbocycles. The monoisotopic (exact) mass is 360 g/mol. The molecule has 1 heterocycles. The van der Waals surface area contributed by atoms with Gasteiger partial charge in [-0.15, -0.1) is 0 Å². The Hall–Kier alpha value is -2.04. The third-order valence-electron chi connectivity index (χ3n) is 4.85. The number of anilines is 1. The van der Waals surface area contributed by atoms with Gasteiger partial charge in [-0.25, -0.2) is 0 Å². The summed E-state index contributed by atoms with van der Waals surface area (Å²) < 4.78 is 0. The van der Waals surface area contributed by atoms with Gasteiger partial charge in [0.15, 0.2) is 0 Å². The van der Waals surface area contributed by atoms with E-state index in [1.54, 1.807) is 18.2 Å². The number of fused-ring (bicyclic) bond motifs is 3. The SMILES string of the molecule is O=[N+]([O-])c1ccc([C@H]2Nc3c(Cl)cc(Cl)cc3[C@H]3C=CC[C@@H]32)cc1. The minimum Gasteiger partial charge on any atom is -0.376 e. The van der Waals surface area contributed by atoms with Crippen molar-refractivity contribution in [3.63, 3.8) is 0 Å².